The van der Waals surface area contributed by atoms with E-state index in [1.54, 1.807) is 19.1 Å². The van der Waals surface area contributed by atoms with E-state index >= 15 is 0 Å². The molecule has 8 heteroatoms. The summed E-state index contributed by atoms with van der Waals surface area (Å²) in [4.78, 5) is 23.4. The fourth-order valence-corrected chi connectivity index (χ4v) is 3.65. The molecule has 0 saturated carbocycles. The summed E-state index contributed by atoms with van der Waals surface area (Å²) in [5.74, 6) is 0.0521. The van der Waals surface area contributed by atoms with E-state index in [1.165, 1.54) is 12.1 Å². The first-order valence-electron chi connectivity index (χ1n) is 10.1. The number of hydrogen-bond donors (Lipinski definition) is 2. The lowest BCUT2D eigenvalue weighted by molar-refractivity contribution is -0.121. The predicted octanol–water partition coefficient (Wildman–Crippen LogP) is 3.52. The van der Waals surface area contributed by atoms with Crippen LogP contribution in [0.1, 0.15) is 19.0 Å². The average Bonchev–Trinajstić information content (AvgIpc) is 3.09. The first-order chi connectivity index (χ1) is 15.0. The van der Waals surface area contributed by atoms with E-state index in [4.69, 9.17) is 4.74 Å². The molecule has 2 N–H and O–H groups in total. The van der Waals surface area contributed by atoms with Crippen LogP contribution in [0, 0.1) is 12.7 Å². The number of carbonyl (C=O) groups excluding carboxylic acids is 2. The van der Waals surface area contributed by atoms with Crippen molar-refractivity contribution in [3.8, 4) is 28.1 Å². The topological polar surface area (TPSA) is 85.3 Å². The van der Waals surface area contributed by atoms with Crippen molar-refractivity contribution in [2.75, 3.05) is 18.5 Å². The molecule has 3 aromatic rings. The standard InChI is InChI=1S/C23H23FN4O3/c1-3-20(29)25-10-11-28-23(15-4-7-17(24)8-5-15)22(14(2)27-28)16-6-9-19-18(12-16)26-21(30)13-31-19/h4-9,12H,3,10-11,13H2,1-2H3,(H,25,29)(H,26,30). The van der Waals surface area contributed by atoms with Gasteiger partial charge in [0.15, 0.2) is 6.61 Å². The van der Waals surface area contributed by atoms with Gasteiger partial charge in [-0.2, -0.15) is 5.10 Å². The second-order valence-electron chi connectivity index (χ2n) is 7.29. The van der Waals surface area contributed by atoms with Gasteiger partial charge in [-0.1, -0.05) is 13.0 Å². The van der Waals surface area contributed by atoms with Crippen LogP contribution in [-0.2, 0) is 16.1 Å². The molecule has 0 fully saturated rings. The average molecular weight is 422 g/mol. The minimum atomic E-state index is -0.322. The summed E-state index contributed by atoms with van der Waals surface area (Å²) in [5, 5.41) is 10.4. The number of aryl methyl sites for hydroxylation is 1. The van der Waals surface area contributed by atoms with E-state index in [0.29, 0.717) is 30.9 Å². The van der Waals surface area contributed by atoms with E-state index in [1.807, 2.05) is 29.8 Å². The number of halogens is 1. The van der Waals surface area contributed by atoms with Crippen molar-refractivity contribution in [2.24, 2.45) is 0 Å². The van der Waals surface area contributed by atoms with E-state index in [-0.39, 0.29) is 24.2 Å². The maximum Gasteiger partial charge on any atom is 0.262 e. The number of amides is 2. The molecule has 160 valence electrons. The maximum atomic E-state index is 13.6. The molecule has 2 heterocycles. The van der Waals surface area contributed by atoms with E-state index in [2.05, 4.69) is 15.7 Å². The summed E-state index contributed by atoms with van der Waals surface area (Å²) in [6.07, 6.45) is 0.414. The van der Waals surface area contributed by atoms with Crippen LogP contribution < -0.4 is 15.4 Å². The first kappa shape index (κ1) is 20.6. The number of hydrogen-bond acceptors (Lipinski definition) is 4. The number of anilines is 1. The van der Waals surface area contributed by atoms with Crippen LogP contribution in [0.2, 0.25) is 0 Å². The van der Waals surface area contributed by atoms with Crippen molar-refractivity contribution in [1.29, 1.82) is 0 Å². The molecule has 0 bridgehead atoms. The smallest absolute Gasteiger partial charge is 0.262 e. The summed E-state index contributed by atoms with van der Waals surface area (Å²) < 4.78 is 20.8. The Morgan fingerprint density at radius 3 is 2.71 bits per heavy atom. The predicted molar refractivity (Wildman–Crippen MR) is 115 cm³/mol. The molecule has 2 aromatic carbocycles. The van der Waals surface area contributed by atoms with Gasteiger partial charge in [0.1, 0.15) is 11.6 Å². The van der Waals surface area contributed by atoms with Crippen molar-refractivity contribution in [3.05, 3.63) is 54.0 Å². The monoisotopic (exact) mass is 422 g/mol. The fraction of sp³-hybridized carbons (Fsp3) is 0.261. The Morgan fingerprint density at radius 2 is 1.97 bits per heavy atom. The number of fused-ring (bicyclic) bond motifs is 1. The van der Waals surface area contributed by atoms with Crippen LogP contribution in [0.25, 0.3) is 22.4 Å². The van der Waals surface area contributed by atoms with Crippen molar-refractivity contribution in [3.63, 3.8) is 0 Å². The van der Waals surface area contributed by atoms with Gasteiger partial charge in [0.25, 0.3) is 5.91 Å². The third kappa shape index (κ3) is 4.28. The lowest BCUT2D eigenvalue weighted by atomic mass is 9.98. The number of aromatic nitrogens is 2. The van der Waals surface area contributed by atoms with Crippen molar-refractivity contribution in [1.82, 2.24) is 15.1 Å². The fourth-order valence-electron chi connectivity index (χ4n) is 3.65. The quantitative estimate of drug-likeness (QED) is 0.637. The summed E-state index contributed by atoms with van der Waals surface area (Å²) >= 11 is 0. The van der Waals surface area contributed by atoms with E-state index in [0.717, 1.165) is 28.1 Å². The normalized spacial score (nSPS) is 12.7. The minimum Gasteiger partial charge on any atom is -0.482 e. The number of rotatable bonds is 6. The highest BCUT2D eigenvalue weighted by Gasteiger charge is 2.22. The summed E-state index contributed by atoms with van der Waals surface area (Å²) in [7, 11) is 0. The molecule has 4 rings (SSSR count). The molecule has 0 radical (unpaired) electrons. The Labute approximate surface area is 179 Å². The Morgan fingerprint density at radius 1 is 1.23 bits per heavy atom. The first-order valence-corrected chi connectivity index (χ1v) is 10.1. The molecule has 2 amide bonds. The zero-order valence-electron chi connectivity index (χ0n) is 17.4. The van der Waals surface area contributed by atoms with Crippen LogP contribution in [0.3, 0.4) is 0 Å². The van der Waals surface area contributed by atoms with Gasteiger partial charge in [0.05, 0.1) is 23.6 Å². The maximum absolute atomic E-state index is 13.6. The zero-order chi connectivity index (χ0) is 22.0. The molecule has 1 aliphatic rings. The Bertz CT molecular complexity index is 1140. The molecular weight excluding hydrogens is 399 g/mol. The second-order valence-corrected chi connectivity index (χ2v) is 7.29. The van der Waals surface area contributed by atoms with Gasteiger partial charge in [-0.15, -0.1) is 0 Å². The molecule has 0 unspecified atom stereocenters. The Kier molecular flexibility index (Phi) is 5.70. The molecule has 7 nitrogen and oxygen atoms in total. The van der Waals surface area contributed by atoms with Crippen LogP contribution in [0.5, 0.6) is 5.75 Å². The van der Waals surface area contributed by atoms with Crippen molar-refractivity contribution in [2.45, 2.75) is 26.8 Å². The lowest BCUT2D eigenvalue weighted by Crippen LogP contribution is -2.26. The minimum absolute atomic E-state index is 0.00633. The highest BCUT2D eigenvalue weighted by Crippen LogP contribution is 2.39. The van der Waals surface area contributed by atoms with Gasteiger partial charge in [-0.05, 0) is 48.9 Å². The number of ether oxygens (including phenoxy) is 1. The molecular formula is C23H23FN4O3. The zero-order valence-corrected chi connectivity index (χ0v) is 17.4. The van der Waals surface area contributed by atoms with Crippen LogP contribution in [0.4, 0.5) is 10.1 Å². The van der Waals surface area contributed by atoms with Gasteiger partial charge in [-0.3, -0.25) is 14.3 Å². The summed E-state index contributed by atoms with van der Waals surface area (Å²) in [6, 6.07) is 11.8. The molecule has 1 aromatic heterocycles. The van der Waals surface area contributed by atoms with Gasteiger partial charge in [0, 0.05) is 24.1 Å². The molecule has 0 saturated heterocycles. The third-order valence-electron chi connectivity index (χ3n) is 5.11. The SMILES string of the molecule is CCC(=O)NCCn1nc(C)c(-c2ccc3c(c2)NC(=O)CO3)c1-c1ccc(F)cc1. The molecule has 0 aliphatic carbocycles. The van der Waals surface area contributed by atoms with Gasteiger partial charge in [0.2, 0.25) is 5.91 Å². The number of nitrogens with zero attached hydrogens (tertiary/aromatic N) is 2. The second kappa shape index (κ2) is 8.59. The van der Waals surface area contributed by atoms with Crippen LogP contribution in [0.15, 0.2) is 42.5 Å². The van der Waals surface area contributed by atoms with E-state index in [9.17, 15) is 14.0 Å². The Balaban J connectivity index is 1.78. The highest BCUT2D eigenvalue weighted by molar-refractivity contribution is 5.97. The van der Waals surface area contributed by atoms with Gasteiger partial charge >= 0.3 is 0 Å². The van der Waals surface area contributed by atoms with E-state index < -0.39 is 0 Å². The third-order valence-corrected chi connectivity index (χ3v) is 5.11. The van der Waals surface area contributed by atoms with Gasteiger partial charge in [-0.25, -0.2) is 4.39 Å². The van der Waals surface area contributed by atoms with Crippen LogP contribution >= 0.6 is 0 Å². The summed E-state index contributed by atoms with van der Waals surface area (Å²) in [5.41, 5.74) is 4.72. The van der Waals surface area contributed by atoms with Crippen LogP contribution in [-0.4, -0.2) is 34.7 Å². The Hall–Kier alpha value is -3.68. The highest BCUT2D eigenvalue weighted by atomic mass is 19.1. The largest absolute Gasteiger partial charge is 0.482 e. The van der Waals surface area contributed by atoms with Crippen molar-refractivity contribution >= 4 is 17.5 Å². The summed E-state index contributed by atoms with van der Waals surface area (Å²) in [6.45, 7) is 4.58. The van der Waals surface area contributed by atoms with Crippen molar-refractivity contribution < 1.29 is 18.7 Å². The number of benzene rings is 2. The number of nitrogens with one attached hydrogen (secondary N) is 2. The number of carbonyl (C=O) groups is 2. The molecule has 31 heavy (non-hydrogen) atoms. The molecule has 0 spiro atoms. The molecule has 0 atom stereocenters. The van der Waals surface area contributed by atoms with Gasteiger partial charge < -0.3 is 15.4 Å². The molecule has 1 aliphatic heterocycles. The lowest BCUT2D eigenvalue weighted by Gasteiger charge is -2.19.